The number of imidazole rings is 1. The second-order valence-electron chi connectivity index (χ2n) is 5.14. The molecule has 3 heterocycles. The van der Waals surface area contributed by atoms with Crippen LogP contribution in [0.15, 0.2) is 12.7 Å². The first-order valence-electron chi connectivity index (χ1n) is 7.01. The fourth-order valence-electron chi connectivity index (χ4n) is 2.53. The molecule has 0 aliphatic carbocycles. The molecule has 0 saturated carbocycles. The summed E-state index contributed by atoms with van der Waals surface area (Å²) in [5.41, 5.74) is 6.88. The second kappa shape index (κ2) is 5.55. The molecular formula is C13H19N5O3. The number of anilines is 1. The first-order valence-corrected chi connectivity index (χ1v) is 7.01. The van der Waals surface area contributed by atoms with Crippen LogP contribution in [0.1, 0.15) is 26.5 Å². The Bertz CT molecular complexity index is 631. The number of nitrogen functional groups attached to an aromatic ring is 1. The van der Waals surface area contributed by atoms with E-state index in [1.54, 1.807) is 10.9 Å². The minimum atomic E-state index is -0.696. The van der Waals surface area contributed by atoms with Gasteiger partial charge in [-0.05, 0) is 13.3 Å². The zero-order chi connectivity index (χ0) is 15.0. The smallest absolute Gasteiger partial charge is 0.167 e. The average molecular weight is 293 g/mol. The summed E-state index contributed by atoms with van der Waals surface area (Å²) < 4.78 is 13.3. The van der Waals surface area contributed by atoms with Gasteiger partial charge in [0.15, 0.2) is 17.7 Å². The Morgan fingerprint density at radius 1 is 1.43 bits per heavy atom. The lowest BCUT2D eigenvalue weighted by atomic mass is 10.1. The van der Waals surface area contributed by atoms with Crippen molar-refractivity contribution < 1.29 is 14.6 Å². The largest absolute Gasteiger partial charge is 0.388 e. The van der Waals surface area contributed by atoms with Crippen molar-refractivity contribution in [2.75, 3.05) is 12.3 Å². The van der Waals surface area contributed by atoms with Crippen molar-refractivity contribution in [3.05, 3.63) is 12.7 Å². The summed E-state index contributed by atoms with van der Waals surface area (Å²) in [5.74, 6) is 0.316. The maximum Gasteiger partial charge on any atom is 0.167 e. The average Bonchev–Trinajstić information content (AvgIpc) is 3.01. The normalized spacial score (nSPS) is 29.3. The summed E-state index contributed by atoms with van der Waals surface area (Å²) >= 11 is 0. The number of aromatic nitrogens is 4. The highest BCUT2D eigenvalue weighted by atomic mass is 16.6. The molecule has 1 aliphatic rings. The van der Waals surface area contributed by atoms with Gasteiger partial charge in [-0.2, -0.15) is 0 Å². The van der Waals surface area contributed by atoms with Crippen LogP contribution in [0.25, 0.3) is 11.2 Å². The molecule has 1 saturated heterocycles. The third-order valence-corrected chi connectivity index (χ3v) is 3.63. The van der Waals surface area contributed by atoms with E-state index in [9.17, 15) is 5.11 Å². The standard InChI is InChI=1S/C13H19N5O3/c1-3-4-20-10-9(19)7(2)21-13(10)18-6-17-8-11(14)15-5-16-12(8)18/h5-7,9-10,13,19H,3-4H2,1-2H3,(H2,14,15,16)/t7?,9-,10?,13?/m1/s1. The van der Waals surface area contributed by atoms with Crippen LogP contribution in [-0.2, 0) is 9.47 Å². The first-order chi connectivity index (χ1) is 10.1. The fraction of sp³-hybridized carbons (Fsp3) is 0.615. The second-order valence-corrected chi connectivity index (χ2v) is 5.14. The quantitative estimate of drug-likeness (QED) is 0.844. The van der Waals surface area contributed by atoms with Crippen molar-refractivity contribution in [2.24, 2.45) is 0 Å². The van der Waals surface area contributed by atoms with Crippen molar-refractivity contribution in [1.82, 2.24) is 19.5 Å². The maximum absolute atomic E-state index is 10.2. The van der Waals surface area contributed by atoms with Gasteiger partial charge in [-0.3, -0.25) is 4.57 Å². The first kappa shape index (κ1) is 14.2. The summed E-state index contributed by atoms with van der Waals surface area (Å²) in [6.07, 6.45) is 1.87. The number of hydrogen-bond donors (Lipinski definition) is 2. The van der Waals surface area contributed by atoms with Gasteiger partial charge in [0, 0.05) is 6.61 Å². The van der Waals surface area contributed by atoms with Crippen molar-refractivity contribution in [3.8, 4) is 0 Å². The van der Waals surface area contributed by atoms with E-state index in [0.29, 0.717) is 23.6 Å². The van der Waals surface area contributed by atoms with Gasteiger partial charge in [0.25, 0.3) is 0 Å². The Balaban J connectivity index is 1.98. The minimum absolute atomic E-state index is 0.316. The molecule has 0 spiro atoms. The molecule has 2 aromatic rings. The maximum atomic E-state index is 10.2. The molecule has 0 amide bonds. The van der Waals surface area contributed by atoms with Gasteiger partial charge in [-0.25, -0.2) is 15.0 Å². The number of nitrogens with zero attached hydrogens (tertiary/aromatic N) is 4. The van der Waals surface area contributed by atoms with Crippen molar-refractivity contribution in [2.45, 2.75) is 44.8 Å². The lowest BCUT2D eigenvalue weighted by Gasteiger charge is -2.21. The van der Waals surface area contributed by atoms with Crippen LogP contribution in [0.3, 0.4) is 0 Å². The number of nitrogens with two attached hydrogens (primary N) is 1. The Morgan fingerprint density at radius 2 is 2.24 bits per heavy atom. The Labute approximate surface area is 121 Å². The van der Waals surface area contributed by atoms with Gasteiger partial charge in [0.05, 0.1) is 12.4 Å². The topological polar surface area (TPSA) is 108 Å². The van der Waals surface area contributed by atoms with E-state index in [1.165, 1.54) is 6.33 Å². The molecule has 2 aromatic heterocycles. The molecule has 3 rings (SSSR count). The lowest BCUT2D eigenvalue weighted by Crippen LogP contribution is -2.33. The Morgan fingerprint density at radius 3 is 3.00 bits per heavy atom. The van der Waals surface area contributed by atoms with Crippen molar-refractivity contribution >= 4 is 17.0 Å². The van der Waals surface area contributed by atoms with Gasteiger partial charge in [0.1, 0.15) is 24.1 Å². The molecule has 3 unspecified atom stereocenters. The van der Waals surface area contributed by atoms with E-state index >= 15 is 0 Å². The highest BCUT2D eigenvalue weighted by Gasteiger charge is 2.43. The van der Waals surface area contributed by atoms with Gasteiger partial charge in [-0.1, -0.05) is 6.92 Å². The Hall–Kier alpha value is -1.77. The van der Waals surface area contributed by atoms with Crippen molar-refractivity contribution in [1.29, 1.82) is 0 Å². The number of fused-ring (bicyclic) bond motifs is 1. The van der Waals surface area contributed by atoms with Crippen molar-refractivity contribution in [3.63, 3.8) is 0 Å². The summed E-state index contributed by atoms with van der Waals surface area (Å²) in [6, 6.07) is 0. The molecular weight excluding hydrogens is 274 g/mol. The monoisotopic (exact) mass is 293 g/mol. The van der Waals surface area contributed by atoms with E-state index < -0.39 is 18.4 Å². The molecule has 8 heteroatoms. The van der Waals surface area contributed by atoms with E-state index in [2.05, 4.69) is 15.0 Å². The fourth-order valence-corrected chi connectivity index (χ4v) is 2.53. The van der Waals surface area contributed by atoms with Crippen LogP contribution in [0.4, 0.5) is 5.82 Å². The van der Waals surface area contributed by atoms with Gasteiger partial charge < -0.3 is 20.3 Å². The molecule has 0 aromatic carbocycles. The van der Waals surface area contributed by atoms with E-state index in [1.807, 2.05) is 13.8 Å². The van der Waals surface area contributed by atoms with Crippen LogP contribution in [0.2, 0.25) is 0 Å². The number of aliphatic hydroxyl groups is 1. The molecule has 3 N–H and O–H groups in total. The molecule has 21 heavy (non-hydrogen) atoms. The van der Waals surface area contributed by atoms with E-state index in [-0.39, 0.29) is 6.10 Å². The zero-order valence-corrected chi connectivity index (χ0v) is 12.0. The summed E-state index contributed by atoms with van der Waals surface area (Å²) in [7, 11) is 0. The molecule has 0 bridgehead atoms. The highest BCUT2D eigenvalue weighted by Crippen LogP contribution is 2.33. The number of ether oxygens (including phenoxy) is 2. The van der Waals surface area contributed by atoms with Crippen LogP contribution in [-0.4, -0.2) is 49.5 Å². The molecule has 1 aliphatic heterocycles. The van der Waals surface area contributed by atoms with Crippen LogP contribution in [0, 0.1) is 0 Å². The SMILES string of the molecule is CCCOC1C(n2cnc3c(N)ncnc32)OC(C)[C@H]1O. The van der Waals surface area contributed by atoms with Gasteiger partial charge >= 0.3 is 0 Å². The van der Waals surface area contributed by atoms with Crippen LogP contribution < -0.4 is 5.73 Å². The van der Waals surface area contributed by atoms with Gasteiger partial charge in [0.2, 0.25) is 0 Å². The summed E-state index contributed by atoms with van der Waals surface area (Å²) in [6.45, 7) is 4.38. The number of aliphatic hydroxyl groups excluding tert-OH is 1. The zero-order valence-electron chi connectivity index (χ0n) is 12.0. The van der Waals surface area contributed by atoms with Crippen LogP contribution in [0.5, 0.6) is 0 Å². The molecule has 0 radical (unpaired) electrons. The van der Waals surface area contributed by atoms with E-state index in [0.717, 1.165) is 6.42 Å². The predicted octanol–water partition coefficient (Wildman–Crippen LogP) is 0.482. The summed E-state index contributed by atoms with van der Waals surface area (Å²) in [4.78, 5) is 12.3. The summed E-state index contributed by atoms with van der Waals surface area (Å²) in [5, 5.41) is 10.2. The molecule has 4 atom stereocenters. The van der Waals surface area contributed by atoms with Gasteiger partial charge in [-0.15, -0.1) is 0 Å². The lowest BCUT2D eigenvalue weighted by molar-refractivity contribution is -0.0657. The third-order valence-electron chi connectivity index (χ3n) is 3.63. The minimum Gasteiger partial charge on any atom is -0.388 e. The predicted molar refractivity (Wildman–Crippen MR) is 75.4 cm³/mol. The molecule has 8 nitrogen and oxygen atoms in total. The molecule has 1 fully saturated rings. The highest BCUT2D eigenvalue weighted by molar-refractivity contribution is 5.81. The molecule has 114 valence electrons. The third kappa shape index (κ3) is 2.35. The Kier molecular flexibility index (Phi) is 3.75. The number of hydrogen-bond acceptors (Lipinski definition) is 7. The number of rotatable bonds is 4. The van der Waals surface area contributed by atoms with Crippen LogP contribution >= 0.6 is 0 Å². The van der Waals surface area contributed by atoms with E-state index in [4.69, 9.17) is 15.2 Å².